The molecule has 182 valence electrons. The Balaban J connectivity index is 1.33. The van der Waals surface area contributed by atoms with Crippen LogP contribution in [0.4, 0.5) is 17.1 Å². The maximum atomic E-state index is 8.64. The fraction of sp³-hybridized carbons (Fsp3) is 0. The first-order valence-corrected chi connectivity index (χ1v) is 12.8. The molecule has 1 aromatic heterocycles. The fourth-order valence-corrected chi connectivity index (χ4v) is 5.55. The van der Waals surface area contributed by atoms with Gasteiger partial charge in [-0.25, -0.2) is 9.97 Å². The quantitative estimate of drug-likeness (QED) is 0.241. The second-order valence-electron chi connectivity index (χ2n) is 9.49. The maximum absolute atomic E-state index is 8.64. The molecule has 0 saturated heterocycles. The van der Waals surface area contributed by atoms with Crippen LogP contribution < -0.4 is 4.90 Å². The van der Waals surface area contributed by atoms with Crippen LogP contribution in [0.3, 0.4) is 0 Å². The van der Waals surface area contributed by atoms with Gasteiger partial charge in [0.15, 0.2) is 0 Å². The van der Waals surface area contributed by atoms with Crippen LogP contribution >= 0.6 is 0 Å². The summed E-state index contributed by atoms with van der Waals surface area (Å²) >= 11 is 0. The molecular formula is C36H23N3. The molecule has 3 nitrogen and oxygen atoms in total. The van der Waals surface area contributed by atoms with Gasteiger partial charge >= 0.3 is 0 Å². The maximum Gasteiger partial charge on any atom is 0.0973 e. The Bertz CT molecular complexity index is 2270. The lowest BCUT2D eigenvalue weighted by atomic mass is 9.91. The number of anilines is 3. The van der Waals surface area contributed by atoms with Gasteiger partial charge in [0.05, 0.1) is 40.6 Å². The number of fused-ring (bicyclic) bond motifs is 3. The van der Waals surface area contributed by atoms with Gasteiger partial charge in [-0.2, -0.15) is 0 Å². The second kappa shape index (κ2) is 8.64. The first-order chi connectivity index (χ1) is 21.4. The highest BCUT2D eigenvalue weighted by Crippen LogP contribution is 2.50. The standard InChI is InChI=1S/C36H23N3/c1-2-10-25(11-3-1)35-36(38-31-17-6-5-16-30(31)37-35)26-20-22-27(23-21-26)39-32-18-7-4-14-28(32)29-15-8-12-24-13-9-19-33(39)34(24)29/h1-23H/i1D,2D,3D,10D,11D. The van der Waals surface area contributed by atoms with E-state index in [2.05, 4.69) is 59.5 Å². The Hall–Kier alpha value is -5.28. The lowest BCUT2D eigenvalue weighted by Crippen LogP contribution is -2.14. The van der Waals surface area contributed by atoms with Crippen molar-refractivity contribution in [3.8, 4) is 33.6 Å². The molecule has 0 fully saturated rings. The van der Waals surface area contributed by atoms with Crippen molar-refractivity contribution in [3.63, 3.8) is 0 Å². The molecule has 0 saturated carbocycles. The third-order valence-corrected chi connectivity index (χ3v) is 7.27. The summed E-state index contributed by atoms with van der Waals surface area (Å²) in [6.07, 6.45) is 0. The number of para-hydroxylation sites is 3. The summed E-state index contributed by atoms with van der Waals surface area (Å²) in [7, 11) is 0. The van der Waals surface area contributed by atoms with Gasteiger partial charge in [0.2, 0.25) is 0 Å². The molecule has 1 aliphatic rings. The predicted octanol–water partition coefficient (Wildman–Crippen LogP) is 9.57. The summed E-state index contributed by atoms with van der Waals surface area (Å²) in [6, 6.07) is 34.6. The van der Waals surface area contributed by atoms with Gasteiger partial charge in [0.1, 0.15) is 0 Å². The second-order valence-corrected chi connectivity index (χ2v) is 9.49. The average Bonchev–Trinajstić information content (AvgIpc) is 3.07. The van der Waals surface area contributed by atoms with Crippen molar-refractivity contribution < 1.29 is 6.85 Å². The minimum Gasteiger partial charge on any atom is -0.309 e. The van der Waals surface area contributed by atoms with Crippen LogP contribution in [0, 0.1) is 0 Å². The van der Waals surface area contributed by atoms with Crippen molar-refractivity contribution in [1.82, 2.24) is 9.97 Å². The normalized spacial score (nSPS) is 13.8. The van der Waals surface area contributed by atoms with E-state index in [4.69, 9.17) is 16.8 Å². The third-order valence-electron chi connectivity index (χ3n) is 7.27. The van der Waals surface area contributed by atoms with E-state index in [-0.39, 0.29) is 23.3 Å². The summed E-state index contributed by atoms with van der Waals surface area (Å²) in [5.41, 5.74) is 8.16. The van der Waals surface area contributed by atoms with Crippen molar-refractivity contribution in [3.05, 3.63) is 139 Å². The van der Waals surface area contributed by atoms with Crippen molar-refractivity contribution in [2.75, 3.05) is 4.90 Å². The van der Waals surface area contributed by atoms with Crippen LogP contribution in [-0.4, -0.2) is 9.97 Å². The monoisotopic (exact) mass is 502 g/mol. The van der Waals surface area contributed by atoms with Crippen molar-refractivity contribution >= 4 is 38.9 Å². The average molecular weight is 503 g/mol. The van der Waals surface area contributed by atoms with Gasteiger partial charge in [-0.05, 0) is 47.3 Å². The molecular weight excluding hydrogens is 474 g/mol. The van der Waals surface area contributed by atoms with Crippen molar-refractivity contribution in [1.29, 1.82) is 0 Å². The van der Waals surface area contributed by atoms with Crippen LogP contribution in [-0.2, 0) is 0 Å². The summed E-state index contributed by atoms with van der Waals surface area (Å²) in [5.74, 6) is 0. The molecule has 0 radical (unpaired) electrons. The molecule has 6 aromatic carbocycles. The highest BCUT2D eigenvalue weighted by Gasteiger charge is 2.25. The SMILES string of the molecule is [2H]c1c([2H])c([2H])c(-c2nc3ccccc3nc2-c2ccc(N3c4ccccc4-c4cccc5cccc3c45)cc2)c([2H])c1[2H]. The van der Waals surface area contributed by atoms with Gasteiger partial charge in [0, 0.05) is 27.8 Å². The number of hydrogen-bond acceptors (Lipinski definition) is 3. The molecule has 2 heterocycles. The van der Waals surface area contributed by atoms with Gasteiger partial charge in [-0.1, -0.05) is 103 Å². The Morgan fingerprint density at radius 2 is 1.13 bits per heavy atom. The lowest BCUT2D eigenvalue weighted by molar-refractivity contribution is 1.27. The first kappa shape index (κ1) is 17.3. The number of aromatic nitrogens is 2. The number of benzene rings is 6. The molecule has 1 aliphatic heterocycles. The predicted molar refractivity (Wildman–Crippen MR) is 162 cm³/mol. The Morgan fingerprint density at radius 3 is 1.90 bits per heavy atom. The molecule has 0 N–H and O–H groups in total. The summed E-state index contributed by atoms with van der Waals surface area (Å²) < 4.78 is 41.9. The van der Waals surface area contributed by atoms with Gasteiger partial charge in [0.25, 0.3) is 0 Å². The van der Waals surface area contributed by atoms with Gasteiger partial charge in [-0.3, -0.25) is 0 Å². The molecule has 7 aromatic rings. The molecule has 8 rings (SSSR count). The molecule has 3 heteroatoms. The van der Waals surface area contributed by atoms with E-state index in [9.17, 15) is 0 Å². The van der Waals surface area contributed by atoms with Crippen LogP contribution in [0.5, 0.6) is 0 Å². The number of rotatable bonds is 3. The zero-order valence-electron chi connectivity index (χ0n) is 25.7. The smallest absolute Gasteiger partial charge is 0.0973 e. The molecule has 0 aliphatic carbocycles. The number of nitrogens with zero attached hydrogens (tertiary/aromatic N) is 3. The summed E-state index contributed by atoms with van der Waals surface area (Å²) in [6.45, 7) is 0. The summed E-state index contributed by atoms with van der Waals surface area (Å²) in [5, 5.41) is 2.37. The topological polar surface area (TPSA) is 29.0 Å². The Morgan fingerprint density at radius 1 is 0.513 bits per heavy atom. The summed E-state index contributed by atoms with van der Waals surface area (Å²) in [4.78, 5) is 12.0. The van der Waals surface area contributed by atoms with Crippen LogP contribution in [0.2, 0.25) is 0 Å². The lowest BCUT2D eigenvalue weighted by Gasteiger charge is -2.33. The van der Waals surface area contributed by atoms with E-state index in [0.29, 0.717) is 16.7 Å². The first-order valence-electron chi connectivity index (χ1n) is 15.3. The van der Waals surface area contributed by atoms with E-state index >= 15 is 0 Å². The zero-order valence-corrected chi connectivity index (χ0v) is 20.7. The highest BCUT2D eigenvalue weighted by molar-refractivity contribution is 6.13. The van der Waals surface area contributed by atoms with Crippen LogP contribution in [0.25, 0.3) is 55.4 Å². The van der Waals surface area contributed by atoms with E-state index in [1.807, 2.05) is 48.5 Å². The van der Waals surface area contributed by atoms with E-state index in [1.54, 1.807) is 6.07 Å². The minimum atomic E-state index is -0.443. The van der Waals surface area contributed by atoms with E-state index in [1.165, 1.54) is 16.3 Å². The molecule has 0 bridgehead atoms. The fourth-order valence-electron chi connectivity index (χ4n) is 5.55. The Kier molecular flexibility index (Phi) is 3.83. The van der Waals surface area contributed by atoms with Gasteiger partial charge < -0.3 is 4.90 Å². The molecule has 0 atom stereocenters. The van der Waals surface area contributed by atoms with Crippen molar-refractivity contribution in [2.45, 2.75) is 0 Å². The van der Waals surface area contributed by atoms with Crippen molar-refractivity contribution in [2.24, 2.45) is 0 Å². The minimum absolute atomic E-state index is 0.0292. The molecule has 0 unspecified atom stereocenters. The third kappa shape index (κ3) is 3.44. The van der Waals surface area contributed by atoms with Gasteiger partial charge in [-0.15, -0.1) is 0 Å². The highest BCUT2D eigenvalue weighted by atomic mass is 15.2. The van der Waals surface area contributed by atoms with E-state index < -0.39 is 18.1 Å². The zero-order chi connectivity index (χ0) is 30.1. The van der Waals surface area contributed by atoms with Crippen LogP contribution in [0.15, 0.2) is 139 Å². The molecule has 39 heavy (non-hydrogen) atoms. The Labute approximate surface area is 233 Å². The largest absolute Gasteiger partial charge is 0.309 e. The van der Waals surface area contributed by atoms with E-state index in [0.717, 1.165) is 28.2 Å². The molecule has 0 amide bonds. The molecule has 0 spiro atoms. The van der Waals surface area contributed by atoms with Crippen LogP contribution in [0.1, 0.15) is 6.85 Å². The number of hydrogen-bond donors (Lipinski definition) is 0.